The molecule has 1 fully saturated rings. The lowest BCUT2D eigenvalue weighted by Crippen LogP contribution is -2.50. The first-order valence-electron chi connectivity index (χ1n) is 6.04. The summed E-state index contributed by atoms with van der Waals surface area (Å²) in [7, 11) is 0. The highest BCUT2D eigenvalue weighted by molar-refractivity contribution is 6.32. The van der Waals surface area contributed by atoms with E-state index in [-0.39, 0.29) is 10.7 Å². The number of carbonyl (C=O) groups is 1. The molecule has 0 aromatic carbocycles. The maximum atomic E-state index is 12.4. The maximum absolute atomic E-state index is 12.4. The molecule has 0 spiro atoms. The zero-order valence-corrected chi connectivity index (χ0v) is 11.9. The Bertz CT molecular complexity index is 562. The Morgan fingerprint density at radius 2 is 2.30 bits per heavy atom. The summed E-state index contributed by atoms with van der Waals surface area (Å²) in [6.45, 7) is 4.87. The minimum atomic E-state index is -0.686. The third-order valence-electron chi connectivity index (χ3n) is 3.01. The fourth-order valence-electron chi connectivity index (χ4n) is 2.13. The Morgan fingerprint density at radius 3 is 2.90 bits per heavy atom. The predicted molar refractivity (Wildman–Crippen MR) is 71.8 cm³/mol. The van der Waals surface area contributed by atoms with Crippen LogP contribution in [0.25, 0.3) is 0 Å². The van der Waals surface area contributed by atoms with Gasteiger partial charge in [0.15, 0.2) is 0 Å². The number of morpholine rings is 1. The average molecular weight is 300 g/mol. The molecule has 1 aromatic rings. The molecule has 7 nitrogen and oxygen atoms in total. The van der Waals surface area contributed by atoms with Crippen LogP contribution in [0.3, 0.4) is 0 Å². The topological polar surface area (TPSA) is 85.6 Å². The standard InChI is InChI=1S/C12H14ClN3O4/c1-12(2)7-15(5-6-20-12)11(17)8-3-4-14-10(13)9(8)16(18)19/h3-4H,5-7H2,1-2H3. The largest absolute Gasteiger partial charge is 0.372 e. The molecule has 0 N–H and O–H groups in total. The molecule has 108 valence electrons. The molecule has 1 aliphatic heterocycles. The molecule has 0 atom stereocenters. The highest BCUT2D eigenvalue weighted by Gasteiger charge is 2.34. The summed E-state index contributed by atoms with van der Waals surface area (Å²) in [5.74, 6) is -0.433. The van der Waals surface area contributed by atoms with E-state index < -0.39 is 22.1 Å². The molecule has 8 heteroatoms. The Morgan fingerprint density at radius 1 is 1.60 bits per heavy atom. The van der Waals surface area contributed by atoms with Crippen molar-refractivity contribution in [3.8, 4) is 0 Å². The first-order valence-corrected chi connectivity index (χ1v) is 6.42. The Hall–Kier alpha value is -1.73. The lowest BCUT2D eigenvalue weighted by Gasteiger charge is -2.38. The van der Waals surface area contributed by atoms with E-state index >= 15 is 0 Å². The SMILES string of the molecule is CC1(C)CN(C(=O)c2ccnc(Cl)c2[N+](=O)[O-])CCO1. The van der Waals surface area contributed by atoms with Crippen molar-refractivity contribution in [1.82, 2.24) is 9.88 Å². The molecule has 1 amide bonds. The van der Waals surface area contributed by atoms with Gasteiger partial charge in [0.2, 0.25) is 5.15 Å². The zero-order chi connectivity index (χ0) is 14.9. The Balaban J connectivity index is 2.34. The van der Waals surface area contributed by atoms with Crippen LogP contribution in [0.4, 0.5) is 5.69 Å². The molecule has 0 unspecified atom stereocenters. The first kappa shape index (κ1) is 14.7. The molecule has 1 aliphatic rings. The summed E-state index contributed by atoms with van der Waals surface area (Å²) in [6.07, 6.45) is 1.29. The van der Waals surface area contributed by atoms with Gasteiger partial charge in [0, 0.05) is 19.3 Å². The fraction of sp³-hybridized carbons (Fsp3) is 0.500. The van der Waals surface area contributed by atoms with Crippen molar-refractivity contribution >= 4 is 23.2 Å². The number of nitrogens with zero attached hydrogens (tertiary/aromatic N) is 3. The molecule has 0 saturated carbocycles. The Kier molecular flexibility index (Phi) is 3.92. The summed E-state index contributed by atoms with van der Waals surface area (Å²) >= 11 is 5.72. The number of halogens is 1. The summed E-state index contributed by atoms with van der Waals surface area (Å²) in [4.78, 5) is 28.0. The minimum absolute atomic E-state index is 0.0484. The van der Waals surface area contributed by atoms with Gasteiger partial charge in [0.1, 0.15) is 5.56 Å². The summed E-state index contributed by atoms with van der Waals surface area (Å²) in [6, 6.07) is 1.31. The van der Waals surface area contributed by atoms with E-state index in [1.807, 2.05) is 13.8 Å². The third-order valence-corrected chi connectivity index (χ3v) is 3.28. The van der Waals surface area contributed by atoms with Crippen LogP contribution in [0.2, 0.25) is 5.15 Å². The number of aromatic nitrogens is 1. The van der Waals surface area contributed by atoms with Crippen molar-refractivity contribution in [2.45, 2.75) is 19.4 Å². The smallest absolute Gasteiger partial charge is 0.319 e. The molecule has 0 radical (unpaired) electrons. The van der Waals surface area contributed by atoms with Crippen molar-refractivity contribution in [1.29, 1.82) is 0 Å². The fourth-order valence-corrected chi connectivity index (χ4v) is 2.36. The molecule has 2 rings (SSSR count). The first-order chi connectivity index (χ1) is 9.32. The number of rotatable bonds is 2. The molecular formula is C12H14ClN3O4. The summed E-state index contributed by atoms with van der Waals surface area (Å²) < 4.78 is 5.52. The van der Waals surface area contributed by atoms with E-state index in [0.717, 1.165) is 0 Å². The molecule has 20 heavy (non-hydrogen) atoms. The quantitative estimate of drug-likeness (QED) is 0.473. The zero-order valence-electron chi connectivity index (χ0n) is 11.1. The molecule has 1 aromatic heterocycles. The summed E-state index contributed by atoms with van der Waals surface area (Å²) in [5, 5.41) is 10.8. The van der Waals surface area contributed by atoms with Crippen molar-refractivity contribution in [3.63, 3.8) is 0 Å². The second-order valence-electron chi connectivity index (χ2n) is 5.09. The lowest BCUT2D eigenvalue weighted by atomic mass is 10.1. The van der Waals surface area contributed by atoms with Crippen LogP contribution >= 0.6 is 11.6 Å². The van der Waals surface area contributed by atoms with E-state index in [9.17, 15) is 14.9 Å². The van der Waals surface area contributed by atoms with Gasteiger partial charge in [-0.05, 0) is 19.9 Å². The maximum Gasteiger partial charge on any atom is 0.319 e. The van der Waals surface area contributed by atoms with E-state index in [1.54, 1.807) is 0 Å². The number of carbonyl (C=O) groups excluding carboxylic acids is 1. The Labute approximate surface area is 120 Å². The molecule has 0 aliphatic carbocycles. The normalized spacial score (nSPS) is 17.9. The van der Waals surface area contributed by atoms with Gasteiger partial charge in [-0.1, -0.05) is 11.6 Å². The number of hydrogen-bond acceptors (Lipinski definition) is 5. The van der Waals surface area contributed by atoms with Crippen LogP contribution in [0.1, 0.15) is 24.2 Å². The van der Waals surface area contributed by atoms with Crippen LogP contribution in [0.5, 0.6) is 0 Å². The van der Waals surface area contributed by atoms with E-state index in [0.29, 0.717) is 19.7 Å². The van der Waals surface area contributed by atoms with Gasteiger partial charge in [-0.3, -0.25) is 14.9 Å². The van der Waals surface area contributed by atoms with Crippen LogP contribution in [0.15, 0.2) is 12.3 Å². The molecule has 2 heterocycles. The monoisotopic (exact) mass is 299 g/mol. The van der Waals surface area contributed by atoms with Gasteiger partial charge in [0.05, 0.1) is 17.1 Å². The number of amides is 1. The number of pyridine rings is 1. The average Bonchev–Trinajstić information content (AvgIpc) is 2.35. The van der Waals surface area contributed by atoms with Crippen LogP contribution in [-0.4, -0.2) is 46.0 Å². The highest BCUT2D eigenvalue weighted by Crippen LogP contribution is 2.28. The summed E-state index contributed by atoms with van der Waals surface area (Å²) in [5.41, 5.74) is -0.976. The molecular weight excluding hydrogens is 286 g/mol. The lowest BCUT2D eigenvalue weighted by molar-refractivity contribution is -0.385. The number of nitro groups is 1. The van der Waals surface area contributed by atoms with Gasteiger partial charge < -0.3 is 9.64 Å². The van der Waals surface area contributed by atoms with Gasteiger partial charge in [-0.25, -0.2) is 4.98 Å². The van der Waals surface area contributed by atoms with E-state index in [1.165, 1.54) is 17.2 Å². The van der Waals surface area contributed by atoms with Gasteiger partial charge in [-0.2, -0.15) is 0 Å². The molecule has 1 saturated heterocycles. The second kappa shape index (κ2) is 5.34. The van der Waals surface area contributed by atoms with Crippen molar-refractivity contribution < 1.29 is 14.5 Å². The number of hydrogen-bond donors (Lipinski definition) is 0. The van der Waals surface area contributed by atoms with Crippen LogP contribution in [0, 0.1) is 10.1 Å². The van der Waals surface area contributed by atoms with Crippen molar-refractivity contribution in [2.24, 2.45) is 0 Å². The van der Waals surface area contributed by atoms with Crippen LogP contribution < -0.4 is 0 Å². The van der Waals surface area contributed by atoms with Crippen molar-refractivity contribution in [2.75, 3.05) is 19.7 Å². The highest BCUT2D eigenvalue weighted by atomic mass is 35.5. The minimum Gasteiger partial charge on any atom is -0.372 e. The van der Waals surface area contributed by atoms with E-state index in [2.05, 4.69) is 4.98 Å². The van der Waals surface area contributed by atoms with Gasteiger partial charge in [-0.15, -0.1) is 0 Å². The van der Waals surface area contributed by atoms with Gasteiger partial charge >= 0.3 is 5.69 Å². The number of ether oxygens (including phenoxy) is 1. The van der Waals surface area contributed by atoms with Crippen LogP contribution in [-0.2, 0) is 4.74 Å². The predicted octanol–water partition coefficient (Wildman–Crippen LogP) is 1.89. The third kappa shape index (κ3) is 2.88. The van der Waals surface area contributed by atoms with E-state index in [4.69, 9.17) is 16.3 Å². The second-order valence-corrected chi connectivity index (χ2v) is 5.45. The van der Waals surface area contributed by atoms with Crippen molar-refractivity contribution in [3.05, 3.63) is 33.1 Å². The van der Waals surface area contributed by atoms with Gasteiger partial charge in [0.25, 0.3) is 5.91 Å². The molecule has 0 bridgehead atoms.